The number of hydrogen-bond acceptors (Lipinski definition) is 7. The van der Waals surface area contributed by atoms with Crippen molar-refractivity contribution < 1.29 is 9.47 Å². The van der Waals surface area contributed by atoms with Gasteiger partial charge in [-0.1, -0.05) is 24.3 Å². The Morgan fingerprint density at radius 2 is 1.71 bits per heavy atom. The molecule has 156 valence electrons. The van der Waals surface area contributed by atoms with Crippen molar-refractivity contribution in [3.8, 4) is 17.2 Å². The van der Waals surface area contributed by atoms with E-state index in [0.29, 0.717) is 6.79 Å². The van der Waals surface area contributed by atoms with E-state index in [0.717, 1.165) is 66.8 Å². The van der Waals surface area contributed by atoms with Crippen LogP contribution in [0.4, 0.5) is 5.82 Å². The Balaban J connectivity index is 1.18. The van der Waals surface area contributed by atoms with Crippen molar-refractivity contribution in [3.63, 3.8) is 0 Å². The summed E-state index contributed by atoms with van der Waals surface area (Å²) in [5, 5.41) is 5.56. The molecule has 6 rings (SSSR count). The van der Waals surface area contributed by atoms with Crippen LogP contribution in [0.15, 0.2) is 61.1 Å². The minimum atomic E-state index is 0.311. The molecule has 0 radical (unpaired) electrons. The largest absolute Gasteiger partial charge is 0.454 e. The van der Waals surface area contributed by atoms with Gasteiger partial charge in [-0.2, -0.15) is 5.10 Å². The van der Waals surface area contributed by atoms with E-state index >= 15 is 0 Å². The zero-order valence-corrected chi connectivity index (χ0v) is 17.0. The van der Waals surface area contributed by atoms with Crippen LogP contribution in [-0.4, -0.2) is 57.6 Å². The second-order valence-corrected chi connectivity index (χ2v) is 7.78. The highest BCUT2D eigenvalue weighted by atomic mass is 16.7. The summed E-state index contributed by atoms with van der Waals surface area (Å²) in [4.78, 5) is 13.9. The van der Waals surface area contributed by atoms with Gasteiger partial charge in [-0.15, -0.1) is 0 Å². The predicted octanol–water partition coefficient (Wildman–Crippen LogP) is 2.87. The molecule has 8 heteroatoms. The summed E-state index contributed by atoms with van der Waals surface area (Å²) in [7, 11) is 0. The lowest BCUT2D eigenvalue weighted by atomic mass is 10.1. The third-order valence-corrected chi connectivity index (χ3v) is 5.86. The second-order valence-electron chi connectivity index (χ2n) is 7.78. The van der Waals surface area contributed by atoms with Crippen molar-refractivity contribution in [3.05, 3.63) is 66.6 Å². The molecule has 2 aromatic heterocycles. The maximum atomic E-state index is 5.51. The lowest BCUT2D eigenvalue weighted by molar-refractivity contribution is 0.174. The first-order valence-corrected chi connectivity index (χ1v) is 10.5. The Hall–Kier alpha value is -3.65. The molecule has 0 N–H and O–H groups in total. The normalized spacial score (nSPS) is 16.2. The first kappa shape index (κ1) is 18.1. The quantitative estimate of drug-likeness (QED) is 0.509. The predicted molar refractivity (Wildman–Crippen MR) is 117 cm³/mol. The third kappa shape index (κ3) is 3.34. The molecule has 0 atom stereocenters. The number of nitrogens with zero attached hydrogens (tertiary/aromatic N) is 6. The number of rotatable bonds is 4. The first-order valence-electron chi connectivity index (χ1n) is 10.5. The van der Waals surface area contributed by atoms with Gasteiger partial charge in [0.1, 0.15) is 12.1 Å². The maximum Gasteiger partial charge on any atom is 0.231 e. The van der Waals surface area contributed by atoms with E-state index in [2.05, 4.69) is 37.0 Å². The van der Waals surface area contributed by atoms with E-state index in [-0.39, 0.29) is 0 Å². The molecule has 4 heterocycles. The van der Waals surface area contributed by atoms with E-state index in [1.807, 2.05) is 47.3 Å². The lowest BCUT2D eigenvalue weighted by Crippen LogP contribution is -2.46. The topological polar surface area (TPSA) is 68.5 Å². The van der Waals surface area contributed by atoms with Crippen molar-refractivity contribution in [2.45, 2.75) is 6.54 Å². The van der Waals surface area contributed by atoms with E-state index in [1.54, 1.807) is 6.33 Å². The molecule has 0 saturated carbocycles. The molecule has 4 aromatic rings. The number of anilines is 1. The molecule has 0 unspecified atom stereocenters. The van der Waals surface area contributed by atoms with Gasteiger partial charge in [0, 0.05) is 32.7 Å². The number of para-hydroxylation sites is 1. The summed E-state index contributed by atoms with van der Waals surface area (Å²) in [6.45, 7) is 4.96. The van der Waals surface area contributed by atoms with Gasteiger partial charge in [0.15, 0.2) is 17.1 Å². The summed E-state index contributed by atoms with van der Waals surface area (Å²) in [6.07, 6.45) is 3.51. The summed E-state index contributed by atoms with van der Waals surface area (Å²) >= 11 is 0. The van der Waals surface area contributed by atoms with Gasteiger partial charge in [0.2, 0.25) is 6.79 Å². The van der Waals surface area contributed by atoms with Crippen molar-refractivity contribution in [1.82, 2.24) is 24.6 Å². The summed E-state index contributed by atoms with van der Waals surface area (Å²) in [5.41, 5.74) is 3.07. The lowest BCUT2D eigenvalue weighted by Gasteiger charge is -2.35. The average Bonchev–Trinajstić information content (AvgIpc) is 3.47. The SMILES string of the molecule is c1ccc(-n2ncc3c(N4CCN(Cc5ccc6c(c5)OCO6)CC4)ncnc32)cc1. The fourth-order valence-corrected chi connectivity index (χ4v) is 4.26. The molecule has 0 aliphatic carbocycles. The standard InChI is InChI=1S/C23H22N6O2/c1-2-4-18(5-3-1)29-23-19(13-26-29)22(24-15-25-23)28-10-8-27(9-11-28)14-17-6-7-20-21(12-17)31-16-30-20/h1-7,12-13,15H,8-11,14,16H2. The van der Waals surface area contributed by atoms with Crippen molar-refractivity contribution >= 4 is 16.9 Å². The van der Waals surface area contributed by atoms with Crippen LogP contribution in [0, 0.1) is 0 Å². The summed E-state index contributed by atoms with van der Waals surface area (Å²) in [5.74, 6) is 2.63. The third-order valence-electron chi connectivity index (χ3n) is 5.86. The number of aromatic nitrogens is 4. The highest BCUT2D eigenvalue weighted by Gasteiger charge is 2.22. The monoisotopic (exact) mass is 414 g/mol. The molecule has 2 aliphatic heterocycles. The van der Waals surface area contributed by atoms with Crippen LogP contribution in [0.3, 0.4) is 0 Å². The number of ether oxygens (including phenoxy) is 2. The Morgan fingerprint density at radius 1 is 0.871 bits per heavy atom. The fourth-order valence-electron chi connectivity index (χ4n) is 4.26. The van der Waals surface area contributed by atoms with Gasteiger partial charge < -0.3 is 14.4 Å². The summed E-state index contributed by atoms with van der Waals surface area (Å²) in [6, 6.07) is 16.3. The number of benzene rings is 2. The van der Waals surface area contributed by atoms with Crippen LogP contribution < -0.4 is 14.4 Å². The van der Waals surface area contributed by atoms with E-state index in [1.165, 1.54) is 5.56 Å². The van der Waals surface area contributed by atoms with E-state index < -0.39 is 0 Å². The molecule has 8 nitrogen and oxygen atoms in total. The molecule has 0 amide bonds. The molecule has 0 spiro atoms. The highest BCUT2D eigenvalue weighted by Crippen LogP contribution is 2.33. The molecular formula is C23H22N6O2. The molecule has 0 bridgehead atoms. The number of fused-ring (bicyclic) bond motifs is 2. The zero-order chi connectivity index (χ0) is 20.6. The van der Waals surface area contributed by atoms with Crippen LogP contribution in [0.2, 0.25) is 0 Å². The van der Waals surface area contributed by atoms with Gasteiger partial charge in [-0.25, -0.2) is 14.6 Å². The maximum absolute atomic E-state index is 5.51. The minimum Gasteiger partial charge on any atom is -0.454 e. The van der Waals surface area contributed by atoms with E-state index in [4.69, 9.17) is 9.47 Å². The molecule has 2 aromatic carbocycles. The zero-order valence-electron chi connectivity index (χ0n) is 17.0. The van der Waals surface area contributed by atoms with Crippen molar-refractivity contribution in [1.29, 1.82) is 0 Å². The Labute approximate surface area is 179 Å². The Bertz CT molecular complexity index is 1220. The van der Waals surface area contributed by atoms with Crippen LogP contribution in [0.5, 0.6) is 11.5 Å². The number of hydrogen-bond donors (Lipinski definition) is 0. The van der Waals surface area contributed by atoms with Gasteiger partial charge in [0.05, 0.1) is 17.3 Å². The molecule has 1 fully saturated rings. The van der Waals surface area contributed by atoms with Gasteiger partial charge in [-0.3, -0.25) is 4.90 Å². The molecule has 2 aliphatic rings. The average molecular weight is 414 g/mol. The molecule has 31 heavy (non-hydrogen) atoms. The van der Waals surface area contributed by atoms with Crippen LogP contribution in [0.25, 0.3) is 16.7 Å². The first-order chi connectivity index (χ1) is 15.3. The Morgan fingerprint density at radius 3 is 2.58 bits per heavy atom. The fraction of sp³-hybridized carbons (Fsp3) is 0.261. The minimum absolute atomic E-state index is 0.311. The van der Waals surface area contributed by atoms with Crippen molar-refractivity contribution in [2.24, 2.45) is 0 Å². The Kier molecular flexibility index (Phi) is 4.42. The smallest absolute Gasteiger partial charge is 0.231 e. The number of piperazine rings is 1. The van der Waals surface area contributed by atoms with E-state index in [9.17, 15) is 0 Å². The van der Waals surface area contributed by atoms with Crippen LogP contribution in [0.1, 0.15) is 5.56 Å². The van der Waals surface area contributed by atoms with Crippen molar-refractivity contribution in [2.75, 3.05) is 37.9 Å². The van der Waals surface area contributed by atoms with Crippen LogP contribution >= 0.6 is 0 Å². The highest BCUT2D eigenvalue weighted by molar-refractivity contribution is 5.87. The van der Waals surface area contributed by atoms with Gasteiger partial charge >= 0.3 is 0 Å². The van der Waals surface area contributed by atoms with Gasteiger partial charge in [0.25, 0.3) is 0 Å². The van der Waals surface area contributed by atoms with Gasteiger partial charge in [-0.05, 0) is 29.8 Å². The second kappa shape index (κ2) is 7.55. The van der Waals surface area contributed by atoms with Crippen LogP contribution in [-0.2, 0) is 6.54 Å². The molecular weight excluding hydrogens is 392 g/mol. The molecule has 1 saturated heterocycles. The summed E-state index contributed by atoms with van der Waals surface area (Å²) < 4.78 is 12.8.